The molecule has 0 aromatic carbocycles. The first-order chi connectivity index (χ1) is 15.0. The van der Waals surface area contributed by atoms with Crippen LogP contribution in [0.25, 0.3) is 0 Å². The van der Waals surface area contributed by atoms with Gasteiger partial charge in [0.15, 0.2) is 5.11 Å². The lowest BCUT2D eigenvalue weighted by molar-refractivity contribution is 0.0365. The summed E-state index contributed by atoms with van der Waals surface area (Å²) in [7, 11) is 0. The van der Waals surface area contributed by atoms with Crippen molar-refractivity contribution in [1.82, 2.24) is 24.7 Å². The molecule has 2 atom stereocenters. The highest BCUT2D eigenvalue weighted by Crippen LogP contribution is 2.41. The van der Waals surface area contributed by atoms with E-state index < -0.39 is 0 Å². The van der Waals surface area contributed by atoms with Crippen molar-refractivity contribution in [3.05, 3.63) is 53.1 Å². The molecule has 7 heteroatoms. The van der Waals surface area contributed by atoms with Gasteiger partial charge in [0.05, 0.1) is 31.0 Å². The highest BCUT2D eigenvalue weighted by atomic mass is 32.1. The van der Waals surface area contributed by atoms with Crippen molar-refractivity contribution in [2.24, 2.45) is 0 Å². The standard InChI is InChI=1S/C24H35N5OS/c1-17(2)29-18(3)16-20(19(29)4)23-22(21-8-5-6-9-25-21)26-24(31)28(23)11-7-10-27-12-14-30-15-13-27/h5-6,8-9,16-17,22-23H,7,10-15H2,1-4H3,(H,26,31)/t22-,23+/m1/s1. The first-order valence-corrected chi connectivity index (χ1v) is 11.8. The lowest BCUT2D eigenvalue weighted by Crippen LogP contribution is -2.39. The van der Waals surface area contributed by atoms with E-state index in [9.17, 15) is 0 Å². The molecule has 0 spiro atoms. The number of hydrogen-bond donors (Lipinski definition) is 1. The van der Waals surface area contributed by atoms with Gasteiger partial charge < -0.3 is 19.5 Å². The second-order valence-corrected chi connectivity index (χ2v) is 9.30. The van der Waals surface area contributed by atoms with Crippen LogP contribution in [0.15, 0.2) is 30.5 Å². The average molecular weight is 442 g/mol. The van der Waals surface area contributed by atoms with Crippen LogP contribution in [0.2, 0.25) is 0 Å². The van der Waals surface area contributed by atoms with Gasteiger partial charge in [0.1, 0.15) is 0 Å². The summed E-state index contributed by atoms with van der Waals surface area (Å²) in [4.78, 5) is 9.56. The van der Waals surface area contributed by atoms with E-state index in [4.69, 9.17) is 17.0 Å². The smallest absolute Gasteiger partial charge is 0.170 e. The van der Waals surface area contributed by atoms with Gasteiger partial charge in [0.25, 0.3) is 0 Å². The summed E-state index contributed by atoms with van der Waals surface area (Å²) in [6.07, 6.45) is 2.95. The van der Waals surface area contributed by atoms with Gasteiger partial charge >= 0.3 is 0 Å². The minimum atomic E-state index is 0.0539. The van der Waals surface area contributed by atoms with Gasteiger partial charge in [-0.2, -0.15) is 0 Å². The summed E-state index contributed by atoms with van der Waals surface area (Å²) in [5, 5.41) is 4.42. The Kier molecular flexibility index (Phi) is 6.94. The van der Waals surface area contributed by atoms with Crippen LogP contribution >= 0.6 is 12.2 Å². The number of rotatable bonds is 7. The molecular formula is C24H35N5OS. The molecule has 2 saturated heterocycles. The second kappa shape index (κ2) is 9.67. The molecule has 0 aliphatic carbocycles. The van der Waals surface area contributed by atoms with Crippen LogP contribution in [-0.2, 0) is 4.74 Å². The predicted molar refractivity (Wildman–Crippen MR) is 128 cm³/mol. The summed E-state index contributed by atoms with van der Waals surface area (Å²) in [5.74, 6) is 0. The number of thiocarbonyl (C=S) groups is 1. The minimum absolute atomic E-state index is 0.0539. The van der Waals surface area contributed by atoms with Crippen LogP contribution in [0.4, 0.5) is 0 Å². The third-order valence-corrected chi connectivity index (χ3v) is 6.89. The van der Waals surface area contributed by atoms with Crippen molar-refractivity contribution in [2.45, 2.75) is 52.2 Å². The van der Waals surface area contributed by atoms with Crippen LogP contribution in [0.5, 0.6) is 0 Å². The summed E-state index contributed by atoms with van der Waals surface area (Å²) in [6, 6.07) is 9.10. The summed E-state index contributed by atoms with van der Waals surface area (Å²) in [6.45, 7) is 14.7. The number of ether oxygens (including phenoxy) is 1. The monoisotopic (exact) mass is 441 g/mol. The number of morpholine rings is 1. The van der Waals surface area contributed by atoms with E-state index in [1.165, 1.54) is 17.0 Å². The quantitative estimate of drug-likeness (QED) is 0.660. The molecule has 0 bridgehead atoms. The number of pyridine rings is 1. The molecule has 4 rings (SSSR count). The van der Waals surface area contributed by atoms with Crippen LogP contribution in [-0.4, -0.2) is 63.9 Å². The number of nitrogens with one attached hydrogen (secondary N) is 1. The van der Waals surface area contributed by atoms with E-state index in [0.717, 1.165) is 56.6 Å². The Balaban J connectivity index is 1.61. The molecular weight excluding hydrogens is 406 g/mol. The van der Waals surface area contributed by atoms with Gasteiger partial charge in [-0.25, -0.2) is 0 Å². The Morgan fingerprint density at radius 3 is 2.61 bits per heavy atom. The molecule has 0 amide bonds. The van der Waals surface area contributed by atoms with E-state index >= 15 is 0 Å². The predicted octanol–water partition coefficient (Wildman–Crippen LogP) is 3.78. The number of nitrogens with zero attached hydrogens (tertiary/aromatic N) is 4. The number of aryl methyl sites for hydroxylation is 1. The third-order valence-electron chi connectivity index (χ3n) is 6.53. The maximum absolute atomic E-state index is 5.85. The van der Waals surface area contributed by atoms with E-state index in [1.54, 1.807) is 0 Å². The lowest BCUT2D eigenvalue weighted by atomic mass is 9.96. The molecule has 2 aliphatic heterocycles. The van der Waals surface area contributed by atoms with Crippen molar-refractivity contribution >= 4 is 17.3 Å². The van der Waals surface area contributed by atoms with Gasteiger partial charge in [0.2, 0.25) is 0 Å². The van der Waals surface area contributed by atoms with E-state index in [-0.39, 0.29) is 12.1 Å². The molecule has 0 radical (unpaired) electrons. The highest BCUT2D eigenvalue weighted by molar-refractivity contribution is 7.80. The van der Waals surface area contributed by atoms with Crippen molar-refractivity contribution in [3.63, 3.8) is 0 Å². The topological polar surface area (TPSA) is 45.6 Å². The van der Waals surface area contributed by atoms with Crippen LogP contribution < -0.4 is 5.32 Å². The normalized spacial score (nSPS) is 22.4. The molecule has 31 heavy (non-hydrogen) atoms. The summed E-state index contributed by atoms with van der Waals surface area (Å²) in [5.41, 5.74) is 5.01. The Morgan fingerprint density at radius 1 is 1.19 bits per heavy atom. The molecule has 2 aromatic heterocycles. The fraction of sp³-hybridized carbons (Fsp3) is 0.583. The van der Waals surface area contributed by atoms with Crippen molar-refractivity contribution in [1.29, 1.82) is 0 Å². The highest BCUT2D eigenvalue weighted by Gasteiger charge is 2.41. The number of aromatic nitrogens is 2. The van der Waals surface area contributed by atoms with E-state index in [1.807, 2.05) is 12.3 Å². The third kappa shape index (κ3) is 4.64. The van der Waals surface area contributed by atoms with Crippen LogP contribution in [0, 0.1) is 13.8 Å². The molecule has 168 valence electrons. The molecule has 2 aromatic rings. The molecule has 0 unspecified atom stereocenters. The van der Waals surface area contributed by atoms with Gasteiger partial charge in [-0.15, -0.1) is 0 Å². The van der Waals surface area contributed by atoms with Crippen molar-refractivity contribution < 1.29 is 4.74 Å². The zero-order valence-corrected chi connectivity index (χ0v) is 20.0. The lowest BCUT2D eigenvalue weighted by Gasteiger charge is -2.30. The van der Waals surface area contributed by atoms with E-state index in [2.05, 4.69) is 70.6 Å². The van der Waals surface area contributed by atoms with Crippen LogP contribution in [0.1, 0.15) is 61.0 Å². The SMILES string of the molecule is Cc1cc([C@H]2[C@@H](c3ccccn3)NC(=S)N2CCCN2CCOCC2)c(C)n1C(C)C. The average Bonchev–Trinajstić information content (AvgIpc) is 3.25. The molecule has 0 saturated carbocycles. The zero-order valence-electron chi connectivity index (χ0n) is 19.2. The largest absolute Gasteiger partial charge is 0.379 e. The number of hydrogen-bond acceptors (Lipinski definition) is 4. The Labute approximate surface area is 191 Å². The van der Waals surface area contributed by atoms with Gasteiger partial charge in [-0.05, 0) is 70.1 Å². The van der Waals surface area contributed by atoms with Gasteiger partial charge in [-0.3, -0.25) is 9.88 Å². The summed E-state index contributed by atoms with van der Waals surface area (Å²) >= 11 is 5.85. The van der Waals surface area contributed by atoms with Crippen molar-refractivity contribution in [3.8, 4) is 0 Å². The molecule has 1 N–H and O–H groups in total. The van der Waals surface area contributed by atoms with Gasteiger partial charge in [-0.1, -0.05) is 6.07 Å². The maximum Gasteiger partial charge on any atom is 0.170 e. The van der Waals surface area contributed by atoms with Crippen LogP contribution in [0.3, 0.4) is 0 Å². The van der Waals surface area contributed by atoms with E-state index in [0.29, 0.717) is 6.04 Å². The molecule has 2 aliphatic rings. The molecule has 2 fully saturated rings. The Hall–Kier alpha value is -1.96. The zero-order chi connectivity index (χ0) is 22.0. The van der Waals surface area contributed by atoms with Crippen molar-refractivity contribution in [2.75, 3.05) is 39.4 Å². The molecule has 4 heterocycles. The fourth-order valence-corrected chi connectivity index (χ4v) is 5.50. The molecule has 6 nitrogen and oxygen atoms in total. The summed E-state index contributed by atoms with van der Waals surface area (Å²) < 4.78 is 7.92. The Morgan fingerprint density at radius 2 is 1.97 bits per heavy atom. The fourth-order valence-electron chi connectivity index (χ4n) is 5.17. The Bertz CT molecular complexity index is 891. The first kappa shape index (κ1) is 22.2. The van der Waals surface area contributed by atoms with Gasteiger partial charge in [0, 0.05) is 49.8 Å². The minimum Gasteiger partial charge on any atom is -0.379 e. The maximum atomic E-state index is 5.85. The second-order valence-electron chi connectivity index (χ2n) is 8.92. The first-order valence-electron chi connectivity index (χ1n) is 11.4.